The van der Waals surface area contributed by atoms with Crippen LogP contribution in [0.1, 0.15) is 32.6 Å². The Morgan fingerprint density at radius 2 is 2.04 bits per heavy atom. The molecule has 5 nitrogen and oxygen atoms in total. The number of nitrogens with two attached hydrogens (primary N) is 1. The molecule has 3 unspecified atom stereocenters. The number of hydrogen-bond acceptors (Lipinski definition) is 5. The summed E-state index contributed by atoms with van der Waals surface area (Å²) in [5, 5.41) is 0. The van der Waals surface area contributed by atoms with E-state index in [1.807, 2.05) is 0 Å². The molecule has 1 aromatic rings. The molecule has 0 aromatic heterocycles. The molecule has 0 saturated heterocycles. The van der Waals surface area contributed by atoms with Crippen LogP contribution in [0.15, 0.2) is 46.9 Å². The number of allylic oxidation sites excluding steroid dienone is 2. The lowest BCUT2D eigenvalue weighted by molar-refractivity contribution is -0.141. The second-order valence-electron chi connectivity index (χ2n) is 6.84. The normalized spacial score (nSPS) is 28.7. The van der Waals surface area contributed by atoms with Crippen LogP contribution < -0.4 is 5.73 Å². The van der Waals surface area contributed by atoms with Gasteiger partial charge in [0.2, 0.25) is 0 Å². The Kier molecular flexibility index (Phi) is 4.53. The van der Waals surface area contributed by atoms with Gasteiger partial charge in [-0.15, -0.1) is 0 Å². The predicted octanol–water partition coefficient (Wildman–Crippen LogP) is 2.63. The molecule has 1 aromatic carbocycles. The summed E-state index contributed by atoms with van der Waals surface area (Å²) in [4.78, 5) is 12.2. The second-order valence-corrected chi connectivity index (χ2v) is 8.38. The number of hydrogen-bond donors (Lipinski definition) is 1. The third kappa shape index (κ3) is 3.00. The molecule has 2 N–H and O–H groups in total. The summed E-state index contributed by atoms with van der Waals surface area (Å²) in [6.07, 6.45) is 5.22. The number of fused-ring (bicyclic) bond motifs is 1. The van der Waals surface area contributed by atoms with Crippen molar-refractivity contribution >= 4 is 16.1 Å². The first-order valence-corrected chi connectivity index (χ1v) is 9.73. The van der Waals surface area contributed by atoms with E-state index in [2.05, 4.69) is 13.0 Å². The summed E-state index contributed by atoms with van der Waals surface area (Å²) >= 11 is 0. The van der Waals surface area contributed by atoms with Crippen molar-refractivity contribution in [1.29, 1.82) is 0 Å². The molecule has 0 bridgehead atoms. The number of carbonyl (C=O) groups is 1. The van der Waals surface area contributed by atoms with Crippen molar-refractivity contribution in [2.75, 3.05) is 6.54 Å². The summed E-state index contributed by atoms with van der Waals surface area (Å²) in [5.41, 5.74) is 7.00. The van der Waals surface area contributed by atoms with Crippen LogP contribution >= 0.6 is 0 Å². The van der Waals surface area contributed by atoms with E-state index in [1.54, 1.807) is 18.2 Å². The fourth-order valence-corrected chi connectivity index (χ4v) is 5.00. The van der Waals surface area contributed by atoms with Crippen LogP contribution in [0.25, 0.3) is 0 Å². The Labute approximate surface area is 143 Å². The molecule has 0 radical (unpaired) electrons. The van der Waals surface area contributed by atoms with Gasteiger partial charge in [-0.2, -0.15) is 8.42 Å². The van der Waals surface area contributed by atoms with Gasteiger partial charge in [0.25, 0.3) is 0 Å². The monoisotopic (exact) mass is 349 g/mol. The van der Waals surface area contributed by atoms with Gasteiger partial charge in [-0.25, -0.2) is 0 Å². The molecular weight excluding hydrogens is 326 g/mol. The van der Waals surface area contributed by atoms with E-state index in [0.29, 0.717) is 12.5 Å². The highest BCUT2D eigenvalue weighted by Gasteiger charge is 2.55. The first-order valence-electron chi connectivity index (χ1n) is 8.32. The minimum atomic E-state index is -4.07. The Hall–Kier alpha value is -1.66. The van der Waals surface area contributed by atoms with E-state index in [9.17, 15) is 13.2 Å². The van der Waals surface area contributed by atoms with Gasteiger partial charge in [-0.05, 0) is 55.2 Å². The molecule has 3 atom stereocenters. The van der Waals surface area contributed by atoms with Crippen molar-refractivity contribution in [1.82, 2.24) is 0 Å². The van der Waals surface area contributed by atoms with Crippen LogP contribution in [0.5, 0.6) is 0 Å². The zero-order valence-electron chi connectivity index (χ0n) is 13.8. The summed E-state index contributed by atoms with van der Waals surface area (Å²) < 4.78 is 29.1. The molecule has 0 spiro atoms. The molecule has 6 heteroatoms. The van der Waals surface area contributed by atoms with Gasteiger partial charge in [0.05, 0.1) is 6.42 Å². The lowest BCUT2D eigenvalue weighted by Crippen LogP contribution is -2.51. The first-order chi connectivity index (χ1) is 11.4. The zero-order valence-corrected chi connectivity index (χ0v) is 14.6. The summed E-state index contributed by atoms with van der Waals surface area (Å²) in [6, 6.07) is 7.71. The molecule has 2 aliphatic carbocycles. The van der Waals surface area contributed by atoms with Crippen LogP contribution in [0.3, 0.4) is 0 Å². The minimum Gasteiger partial charge on any atom is -0.342 e. The van der Waals surface area contributed by atoms with Gasteiger partial charge >= 0.3 is 16.1 Å². The van der Waals surface area contributed by atoms with Gasteiger partial charge in [-0.1, -0.05) is 36.8 Å². The van der Waals surface area contributed by atoms with Crippen molar-refractivity contribution < 1.29 is 17.4 Å². The lowest BCUT2D eigenvalue weighted by Gasteiger charge is -2.51. The Bertz CT molecular complexity index is 756. The highest BCUT2D eigenvalue weighted by atomic mass is 32.2. The Balaban J connectivity index is 1.70. The quantitative estimate of drug-likeness (QED) is 0.630. The van der Waals surface area contributed by atoms with Gasteiger partial charge in [0.1, 0.15) is 4.90 Å². The molecule has 3 rings (SSSR count). The van der Waals surface area contributed by atoms with Crippen LogP contribution in [-0.4, -0.2) is 20.9 Å². The van der Waals surface area contributed by atoms with Gasteiger partial charge in [-0.3, -0.25) is 4.79 Å². The highest BCUT2D eigenvalue weighted by molar-refractivity contribution is 7.87. The van der Waals surface area contributed by atoms with Crippen LogP contribution in [0.4, 0.5) is 0 Å². The Morgan fingerprint density at radius 3 is 2.67 bits per heavy atom. The van der Waals surface area contributed by atoms with Gasteiger partial charge in [0.15, 0.2) is 0 Å². The summed E-state index contributed by atoms with van der Waals surface area (Å²) in [6.45, 7) is 2.49. The van der Waals surface area contributed by atoms with Gasteiger partial charge < -0.3 is 9.92 Å². The van der Waals surface area contributed by atoms with Crippen molar-refractivity contribution in [3.63, 3.8) is 0 Å². The molecule has 0 heterocycles. The van der Waals surface area contributed by atoms with Crippen molar-refractivity contribution in [3.8, 4) is 0 Å². The smallest absolute Gasteiger partial charge is 0.341 e. The third-order valence-corrected chi connectivity index (χ3v) is 6.67. The SMILES string of the molecule is CCC1=CC2C(C1)CC2(CN)CC(=O)OS(=O)(=O)c1ccccc1. The van der Waals surface area contributed by atoms with E-state index < -0.39 is 16.1 Å². The third-order valence-electron chi connectivity index (χ3n) is 5.41. The first kappa shape index (κ1) is 17.2. The van der Waals surface area contributed by atoms with E-state index in [0.717, 1.165) is 19.3 Å². The average Bonchev–Trinajstić information content (AvgIpc) is 2.91. The molecule has 1 saturated carbocycles. The fourth-order valence-electron chi connectivity index (χ4n) is 4.11. The molecule has 0 aliphatic heterocycles. The maximum Gasteiger partial charge on any atom is 0.341 e. The highest BCUT2D eigenvalue weighted by Crippen LogP contribution is 2.59. The molecule has 1 fully saturated rings. The molecule has 24 heavy (non-hydrogen) atoms. The number of rotatable bonds is 6. The van der Waals surface area contributed by atoms with Gasteiger partial charge in [0, 0.05) is 0 Å². The van der Waals surface area contributed by atoms with E-state index >= 15 is 0 Å². The largest absolute Gasteiger partial charge is 0.342 e. The van der Waals surface area contributed by atoms with E-state index in [4.69, 9.17) is 9.92 Å². The predicted molar refractivity (Wildman–Crippen MR) is 90.4 cm³/mol. The lowest BCUT2D eigenvalue weighted by atomic mass is 9.53. The average molecular weight is 349 g/mol. The minimum absolute atomic E-state index is 0.0133. The van der Waals surface area contributed by atoms with Crippen LogP contribution in [0, 0.1) is 17.3 Å². The maximum absolute atomic E-state index is 12.3. The molecule has 2 aliphatic rings. The maximum atomic E-state index is 12.3. The summed E-state index contributed by atoms with van der Waals surface area (Å²) in [7, 11) is -4.07. The molecule has 130 valence electrons. The standard InChI is InChI=1S/C18H23NO4S/c1-2-13-8-14-10-18(12-19,16(14)9-13)11-17(20)23-24(21,22)15-6-4-3-5-7-15/h3-7,9,14,16H,2,8,10-12,19H2,1H3. The van der Waals surface area contributed by atoms with Crippen LogP contribution in [0.2, 0.25) is 0 Å². The van der Waals surface area contributed by atoms with Crippen molar-refractivity contribution in [2.45, 2.75) is 37.5 Å². The Morgan fingerprint density at radius 1 is 1.33 bits per heavy atom. The van der Waals surface area contributed by atoms with E-state index in [1.165, 1.54) is 17.7 Å². The van der Waals surface area contributed by atoms with Crippen molar-refractivity contribution in [3.05, 3.63) is 42.0 Å². The fraction of sp³-hybridized carbons (Fsp3) is 0.500. The zero-order chi connectivity index (χ0) is 17.4. The summed E-state index contributed by atoms with van der Waals surface area (Å²) in [5.74, 6) is 0.0903. The second kappa shape index (κ2) is 6.33. The van der Waals surface area contributed by atoms with Crippen molar-refractivity contribution in [2.24, 2.45) is 23.0 Å². The van der Waals surface area contributed by atoms with E-state index in [-0.39, 0.29) is 22.6 Å². The molecular formula is C18H23NO4S. The topological polar surface area (TPSA) is 86.5 Å². The van der Waals surface area contributed by atoms with Crippen LogP contribution in [-0.2, 0) is 19.1 Å². The number of benzene rings is 1. The number of carbonyl (C=O) groups excluding carboxylic acids is 1. The molecule has 0 amide bonds.